The van der Waals surface area contributed by atoms with E-state index in [1.807, 2.05) is 20.8 Å². The molecule has 0 spiro atoms. The average molecular weight is 235 g/mol. The number of anilines is 1. The standard InChI is InChI=1S/C13H21N3O/c1-12(2,3)9-7-14-11(15-8-9)16-10(17)13(4,5)6/h7-8H,1-6H3,(H,14,15,16,17). The van der Waals surface area contributed by atoms with Crippen LogP contribution < -0.4 is 5.32 Å². The average Bonchev–Trinajstić information content (AvgIpc) is 2.15. The van der Waals surface area contributed by atoms with E-state index in [0.29, 0.717) is 5.95 Å². The van der Waals surface area contributed by atoms with E-state index in [1.165, 1.54) is 0 Å². The topological polar surface area (TPSA) is 54.9 Å². The molecule has 0 atom stereocenters. The monoisotopic (exact) mass is 235 g/mol. The SMILES string of the molecule is CC(C)(C)C(=O)Nc1ncc(C(C)(C)C)cn1. The number of carbonyl (C=O) groups is 1. The van der Waals surface area contributed by atoms with E-state index in [-0.39, 0.29) is 11.3 Å². The van der Waals surface area contributed by atoms with Crippen LogP contribution >= 0.6 is 0 Å². The second kappa shape index (κ2) is 4.43. The van der Waals surface area contributed by atoms with Crippen LogP contribution in [0.2, 0.25) is 0 Å². The molecule has 0 saturated carbocycles. The molecule has 0 aliphatic rings. The lowest BCUT2D eigenvalue weighted by atomic mass is 9.89. The van der Waals surface area contributed by atoms with Gasteiger partial charge in [0.25, 0.3) is 0 Å². The Morgan fingerprint density at radius 1 is 1.06 bits per heavy atom. The first kappa shape index (κ1) is 13.6. The summed E-state index contributed by atoms with van der Waals surface area (Å²) in [7, 11) is 0. The molecule has 0 aliphatic carbocycles. The van der Waals surface area contributed by atoms with Gasteiger partial charge in [0.15, 0.2) is 0 Å². The number of nitrogens with zero attached hydrogens (tertiary/aromatic N) is 2. The third-order valence-corrected chi connectivity index (χ3v) is 2.42. The van der Waals surface area contributed by atoms with Gasteiger partial charge in [0, 0.05) is 17.8 Å². The van der Waals surface area contributed by atoms with E-state index in [2.05, 4.69) is 36.1 Å². The number of hydrogen-bond donors (Lipinski definition) is 1. The van der Waals surface area contributed by atoms with E-state index in [0.717, 1.165) is 5.56 Å². The molecule has 0 aliphatic heterocycles. The van der Waals surface area contributed by atoms with Gasteiger partial charge in [-0.3, -0.25) is 10.1 Å². The first-order valence-electron chi connectivity index (χ1n) is 5.75. The highest BCUT2D eigenvalue weighted by molar-refractivity contribution is 5.92. The quantitative estimate of drug-likeness (QED) is 0.814. The highest BCUT2D eigenvalue weighted by Gasteiger charge is 2.22. The third kappa shape index (κ3) is 3.80. The molecule has 0 bridgehead atoms. The zero-order valence-corrected chi connectivity index (χ0v) is 11.5. The van der Waals surface area contributed by atoms with Crippen molar-refractivity contribution in [2.75, 3.05) is 5.32 Å². The minimum absolute atomic E-state index is 0.0204. The predicted molar refractivity (Wildman–Crippen MR) is 68.8 cm³/mol. The predicted octanol–water partition coefficient (Wildman–Crippen LogP) is 2.76. The number of nitrogens with one attached hydrogen (secondary N) is 1. The molecule has 1 heterocycles. The molecular weight excluding hydrogens is 214 g/mol. The molecule has 0 fully saturated rings. The minimum Gasteiger partial charge on any atom is -0.294 e. The zero-order chi connectivity index (χ0) is 13.3. The summed E-state index contributed by atoms with van der Waals surface area (Å²) >= 11 is 0. The number of rotatable bonds is 1. The second-order valence-corrected chi connectivity index (χ2v) is 6.25. The molecular formula is C13H21N3O. The Hall–Kier alpha value is -1.45. The Labute approximate surface area is 103 Å². The van der Waals surface area contributed by atoms with Crippen molar-refractivity contribution in [3.8, 4) is 0 Å². The fourth-order valence-electron chi connectivity index (χ4n) is 1.07. The Kier molecular flexibility index (Phi) is 3.55. The fraction of sp³-hybridized carbons (Fsp3) is 0.615. The maximum absolute atomic E-state index is 11.7. The molecule has 1 amide bonds. The van der Waals surface area contributed by atoms with Crippen molar-refractivity contribution in [3.63, 3.8) is 0 Å². The van der Waals surface area contributed by atoms with E-state index in [9.17, 15) is 4.79 Å². The molecule has 0 radical (unpaired) electrons. The van der Waals surface area contributed by atoms with Gasteiger partial charge in [0.2, 0.25) is 11.9 Å². The number of aromatic nitrogens is 2. The van der Waals surface area contributed by atoms with Gasteiger partial charge in [-0.15, -0.1) is 0 Å². The normalized spacial score (nSPS) is 12.4. The number of hydrogen-bond acceptors (Lipinski definition) is 3. The summed E-state index contributed by atoms with van der Waals surface area (Å²) in [5.41, 5.74) is 0.629. The Morgan fingerprint density at radius 2 is 1.53 bits per heavy atom. The molecule has 0 aromatic carbocycles. The van der Waals surface area contributed by atoms with Crippen LogP contribution in [0.4, 0.5) is 5.95 Å². The summed E-state index contributed by atoms with van der Waals surface area (Å²) in [6.07, 6.45) is 3.51. The number of carbonyl (C=O) groups excluding carboxylic acids is 1. The molecule has 1 rings (SSSR count). The third-order valence-electron chi connectivity index (χ3n) is 2.42. The van der Waals surface area contributed by atoms with Crippen LogP contribution in [-0.4, -0.2) is 15.9 Å². The van der Waals surface area contributed by atoms with Crippen LogP contribution in [-0.2, 0) is 10.2 Å². The summed E-state index contributed by atoms with van der Waals surface area (Å²) in [5, 5.41) is 2.70. The van der Waals surface area contributed by atoms with Crippen molar-refractivity contribution in [1.82, 2.24) is 9.97 Å². The molecule has 1 N–H and O–H groups in total. The van der Waals surface area contributed by atoms with Gasteiger partial charge < -0.3 is 0 Å². The van der Waals surface area contributed by atoms with Crippen molar-refractivity contribution in [1.29, 1.82) is 0 Å². The largest absolute Gasteiger partial charge is 0.294 e. The van der Waals surface area contributed by atoms with Gasteiger partial charge in [-0.1, -0.05) is 41.5 Å². The molecule has 0 unspecified atom stereocenters. The Bertz CT molecular complexity index is 396. The van der Waals surface area contributed by atoms with E-state index in [4.69, 9.17) is 0 Å². The summed E-state index contributed by atoms with van der Waals surface area (Å²) in [4.78, 5) is 20.0. The maximum Gasteiger partial charge on any atom is 0.232 e. The lowest BCUT2D eigenvalue weighted by Gasteiger charge is -2.19. The summed E-state index contributed by atoms with van der Waals surface area (Å²) in [6.45, 7) is 11.8. The van der Waals surface area contributed by atoms with Crippen molar-refractivity contribution < 1.29 is 4.79 Å². The summed E-state index contributed by atoms with van der Waals surface area (Å²) in [5.74, 6) is 0.277. The van der Waals surface area contributed by atoms with E-state index in [1.54, 1.807) is 12.4 Å². The van der Waals surface area contributed by atoms with Crippen LogP contribution in [0.15, 0.2) is 12.4 Å². The molecule has 4 nitrogen and oxygen atoms in total. The molecule has 1 aromatic heterocycles. The van der Waals surface area contributed by atoms with Crippen LogP contribution in [0.1, 0.15) is 47.1 Å². The highest BCUT2D eigenvalue weighted by atomic mass is 16.2. The first-order chi connectivity index (χ1) is 7.60. The second-order valence-electron chi connectivity index (χ2n) is 6.25. The summed E-state index contributed by atoms with van der Waals surface area (Å²) in [6, 6.07) is 0. The van der Waals surface area contributed by atoms with Crippen LogP contribution in [0.5, 0.6) is 0 Å². The minimum atomic E-state index is -0.438. The van der Waals surface area contributed by atoms with Gasteiger partial charge in [-0.05, 0) is 11.0 Å². The Morgan fingerprint density at radius 3 is 1.88 bits per heavy atom. The van der Waals surface area contributed by atoms with Crippen molar-refractivity contribution >= 4 is 11.9 Å². The van der Waals surface area contributed by atoms with Gasteiger partial charge in [-0.2, -0.15) is 0 Å². The van der Waals surface area contributed by atoms with Crippen molar-refractivity contribution in [2.24, 2.45) is 5.41 Å². The first-order valence-corrected chi connectivity index (χ1v) is 5.75. The van der Waals surface area contributed by atoms with Crippen molar-refractivity contribution in [2.45, 2.75) is 47.0 Å². The smallest absolute Gasteiger partial charge is 0.232 e. The fourth-order valence-corrected chi connectivity index (χ4v) is 1.07. The molecule has 4 heteroatoms. The molecule has 17 heavy (non-hydrogen) atoms. The molecule has 0 saturated heterocycles. The van der Waals surface area contributed by atoms with Gasteiger partial charge in [0.05, 0.1) is 0 Å². The van der Waals surface area contributed by atoms with Gasteiger partial charge >= 0.3 is 0 Å². The van der Waals surface area contributed by atoms with Gasteiger partial charge in [-0.25, -0.2) is 9.97 Å². The molecule has 94 valence electrons. The van der Waals surface area contributed by atoms with Gasteiger partial charge in [0.1, 0.15) is 0 Å². The lowest BCUT2D eigenvalue weighted by molar-refractivity contribution is -0.123. The zero-order valence-electron chi connectivity index (χ0n) is 11.5. The number of amides is 1. The van der Waals surface area contributed by atoms with Crippen LogP contribution in [0, 0.1) is 5.41 Å². The maximum atomic E-state index is 11.7. The summed E-state index contributed by atoms with van der Waals surface area (Å²) < 4.78 is 0. The Balaban J connectivity index is 2.80. The van der Waals surface area contributed by atoms with Crippen molar-refractivity contribution in [3.05, 3.63) is 18.0 Å². The van der Waals surface area contributed by atoms with E-state index >= 15 is 0 Å². The van der Waals surface area contributed by atoms with E-state index < -0.39 is 5.41 Å². The van der Waals surface area contributed by atoms with Crippen LogP contribution in [0.3, 0.4) is 0 Å². The highest BCUT2D eigenvalue weighted by Crippen LogP contribution is 2.21. The van der Waals surface area contributed by atoms with Crippen LogP contribution in [0.25, 0.3) is 0 Å². The lowest BCUT2D eigenvalue weighted by Crippen LogP contribution is -2.28. The molecule has 1 aromatic rings.